The summed E-state index contributed by atoms with van der Waals surface area (Å²) in [6, 6.07) is 0.301. The zero-order valence-electron chi connectivity index (χ0n) is 9.25. The minimum atomic E-state index is 0.301. The van der Waals surface area contributed by atoms with Crippen LogP contribution in [0, 0.1) is 6.92 Å². The van der Waals surface area contributed by atoms with Crippen LogP contribution in [0.2, 0.25) is 0 Å². The number of aromatic nitrogens is 2. The van der Waals surface area contributed by atoms with Crippen LogP contribution in [0.15, 0.2) is 0 Å². The Morgan fingerprint density at radius 1 is 1.57 bits per heavy atom. The summed E-state index contributed by atoms with van der Waals surface area (Å²) < 4.78 is 2.30. The number of hydrogen-bond acceptors (Lipinski definition) is 2. The molecular weight excluding hydrogens is 174 g/mol. The van der Waals surface area contributed by atoms with Crippen molar-refractivity contribution in [3.8, 4) is 0 Å². The maximum Gasteiger partial charge on any atom is 0.112 e. The minimum absolute atomic E-state index is 0.301. The van der Waals surface area contributed by atoms with Crippen LogP contribution in [0.5, 0.6) is 0 Å². The molecule has 78 valence electrons. The third-order valence-electron chi connectivity index (χ3n) is 3.20. The molecule has 2 rings (SSSR count). The molecule has 0 aromatic carbocycles. The number of aryl methyl sites for hydroxylation is 1. The summed E-state index contributed by atoms with van der Waals surface area (Å²) in [5.74, 6) is 1.75. The zero-order chi connectivity index (χ0) is 10.3. The molecule has 2 N–H and O–H groups in total. The number of rotatable bonds is 1. The summed E-state index contributed by atoms with van der Waals surface area (Å²) in [5, 5.41) is 0. The van der Waals surface area contributed by atoms with E-state index in [0.717, 1.165) is 19.4 Å². The van der Waals surface area contributed by atoms with Gasteiger partial charge in [-0.3, -0.25) is 0 Å². The van der Waals surface area contributed by atoms with Gasteiger partial charge >= 0.3 is 0 Å². The molecule has 3 nitrogen and oxygen atoms in total. The first-order chi connectivity index (χ1) is 6.63. The van der Waals surface area contributed by atoms with Gasteiger partial charge in [0, 0.05) is 24.2 Å². The number of nitrogens with two attached hydrogens (primary N) is 1. The lowest BCUT2D eigenvalue weighted by molar-refractivity contribution is 0.403. The molecule has 1 aromatic heterocycles. The van der Waals surface area contributed by atoms with E-state index in [0.29, 0.717) is 12.0 Å². The van der Waals surface area contributed by atoms with Crippen molar-refractivity contribution >= 4 is 0 Å². The SMILES string of the molecule is CCc1nc2n(c1C)CC(N)CC2C. The predicted molar refractivity (Wildman–Crippen MR) is 57.3 cm³/mol. The van der Waals surface area contributed by atoms with Crippen molar-refractivity contribution < 1.29 is 0 Å². The van der Waals surface area contributed by atoms with Gasteiger partial charge in [-0.25, -0.2) is 4.98 Å². The summed E-state index contributed by atoms with van der Waals surface area (Å²) in [7, 11) is 0. The second-order valence-corrected chi connectivity index (χ2v) is 4.36. The summed E-state index contributed by atoms with van der Waals surface area (Å²) in [4.78, 5) is 4.69. The topological polar surface area (TPSA) is 43.8 Å². The highest BCUT2D eigenvalue weighted by atomic mass is 15.1. The first kappa shape index (κ1) is 9.71. The van der Waals surface area contributed by atoms with Crippen LogP contribution in [-0.2, 0) is 13.0 Å². The van der Waals surface area contributed by atoms with Crippen LogP contribution in [0.4, 0.5) is 0 Å². The molecule has 2 atom stereocenters. The van der Waals surface area contributed by atoms with E-state index in [-0.39, 0.29) is 0 Å². The van der Waals surface area contributed by atoms with Crippen molar-refractivity contribution in [1.82, 2.24) is 9.55 Å². The van der Waals surface area contributed by atoms with Crippen molar-refractivity contribution in [3.05, 3.63) is 17.2 Å². The van der Waals surface area contributed by atoms with Gasteiger partial charge in [-0.05, 0) is 19.8 Å². The second-order valence-electron chi connectivity index (χ2n) is 4.36. The number of nitrogens with zero attached hydrogens (tertiary/aromatic N) is 2. The van der Waals surface area contributed by atoms with E-state index in [4.69, 9.17) is 10.7 Å². The van der Waals surface area contributed by atoms with Crippen molar-refractivity contribution in [3.63, 3.8) is 0 Å². The van der Waals surface area contributed by atoms with E-state index < -0.39 is 0 Å². The van der Waals surface area contributed by atoms with Crippen molar-refractivity contribution in [2.45, 2.75) is 52.1 Å². The third-order valence-corrected chi connectivity index (χ3v) is 3.20. The molecule has 0 saturated carbocycles. The average molecular weight is 193 g/mol. The van der Waals surface area contributed by atoms with Crippen LogP contribution in [0.1, 0.15) is 43.4 Å². The fraction of sp³-hybridized carbons (Fsp3) is 0.727. The second kappa shape index (κ2) is 3.39. The van der Waals surface area contributed by atoms with Crippen LogP contribution >= 0.6 is 0 Å². The fourth-order valence-corrected chi connectivity index (χ4v) is 2.42. The van der Waals surface area contributed by atoms with E-state index >= 15 is 0 Å². The normalized spacial score (nSPS) is 26.3. The van der Waals surface area contributed by atoms with Crippen molar-refractivity contribution in [1.29, 1.82) is 0 Å². The highest BCUT2D eigenvalue weighted by molar-refractivity contribution is 5.20. The van der Waals surface area contributed by atoms with Crippen LogP contribution in [0.25, 0.3) is 0 Å². The molecule has 14 heavy (non-hydrogen) atoms. The lowest BCUT2D eigenvalue weighted by atomic mass is 9.98. The Labute approximate surface area is 85.3 Å². The molecule has 2 unspecified atom stereocenters. The lowest BCUT2D eigenvalue weighted by Gasteiger charge is -2.26. The van der Waals surface area contributed by atoms with Crippen molar-refractivity contribution in [2.75, 3.05) is 0 Å². The Morgan fingerprint density at radius 2 is 2.29 bits per heavy atom. The molecule has 2 heterocycles. The van der Waals surface area contributed by atoms with E-state index in [2.05, 4.69) is 25.3 Å². The summed E-state index contributed by atoms with van der Waals surface area (Å²) in [6.07, 6.45) is 2.09. The van der Waals surface area contributed by atoms with Crippen LogP contribution < -0.4 is 5.73 Å². The molecule has 3 heteroatoms. The number of imidazole rings is 1. The Bertz CT molecular complexity index is 341. The molecule has 0 spiro atoms. The molecule has 0 aliphatic carbocycles. The standard InChI is InChI=1S/C11H19N3/c1-4-10-8(3)14-6-9(12)5-7(2)11(14)13-10/h7,9H,4-6,12H2,1-3H3. The maximum atomic E-state index is 6.01. The first-order valence-corrected chi connectivity index (χ1v) is 5.45. The summed E-state index contributed by atoms with van der Waals surface area (Å²) in [5.41, 5.74) is 8.56. The molecular formula is C11H19N3. The smallest absolute Gasteiger partial charge is 0.112 e. The lowest BCUT2D eigenvalue weighted by Crippen LogP contribution is -2.34. The summed E-state index contributed by atoms with van der Waals surface area (Å²) >= 11 is 0. The maximum absolute atomic E-state index is 6.01. The monoisotopic (exact) mass is 193 g/mol. The average Bonchev–Trinajstić information content (AvgIpc) is 2.44. The van der Waals surface area contributed by atoms with Crippen LogP contribution in [0.3, 0.4) is 0 Å². The van der Waals surface area contributed by atoms with Gasteiger partial charge in [-0.1, -0.05) is 13.8 Å². The van der Waals surface area contributed by atoms with Gasteiger partial charge in [0.1, 0.15) is 5.82 Å². The van der Waals surface area contributed by atoms with E-state index in [1.807, 2.05) is 0 Å². The molecule has 0 radical (unpaired) electrons. The third kappa shape index (κ3) is 1.36. The molecule has 0 bridgehead atoms. The van der Waals surface area contributed by atoms with Crippen LogP contribution in [-0.4, -0.2) is 15.6 Å². The van der Waals surface area contributed by atoms with Gasteiger partial charge in [-0.15, -0.1) is 0 Å². The fourth-order valence-electron chi connectivity index (χ4n) is 2.42. The first-order valence-electron chi connectivity index (χ1n) is 5.45. The largest absolute Gasteiger partial charge is 0.330 e. The van der Waals surface area contributed by atoms with E-state index in [1.165, 1.54) is 17.2 Å². The van der Waals surface area contributed by atoms with Crippen molar-refractivity contribution in [2.24, 2.45) is 5.73 Å². The highest BCUT2D eigenvalue weighted by Crippen LogP contribution is 2.27. The predicted octanol–water partition coefficient (Wildman–Crippen LogP) is 1.59. The number of fused-ring (bicyclic) bond motifs is 1. The van der Waals surface area contributed by atoms with E-state index in [1.54, 1.807) is 0 Å². The van der Waals surface area contributed by atoms with Gasteiger partial charge in [0.2, 0.25) is 0 Å². The Balaban J connectivity index is 2.46. The Kier molecular flexibility index (Phi) is 2.35. The number of hydrogen-bond donors (Lipinski definition) is 1. The quantitative estimate of drug-likeness (QED) is 0.736. The van der Waals surface area contributed by atoms with Gasteiger partial charge in [0.15, 0.2) is 0 Å². The Morgan fingerprint density at radius 3 is 2.93 bits per heavy atom. The molecule has 0 fully saturated rings. The van der Waals surface area contributed by atoms with Gasteiger partial charge < -0.3 is 10.3 Å². The highest BCUT2D eigenvalue weighted by Gasteiger charge is 2.25. The van der Waals surface area contributed by atoms with E-state index in [9.17, 15) is 0 Å². The molecule has 1 aliphatic heterocycles. The van der Waals surface area contributed by atoms with Gasteiger partial charge in [0.25, 0.3) is 0 Å². The zero-order valence-corrected chi connectivity index (χ0v) is 9.25. The Hall–Kier alpha value is -0.830. The minimum Gasteiger partial charge on any atom is -0.330 e. The molecule has 0 saturated heterocycles. The molecule has 0 amide bonds. The summed E-state index contributed by atoms with van der Waals surface area (Å²) in [6.45, 7) is 7.47. The molecule has 1 aliphatic rings. The van der Waals surface area contributed by atoms with Gasteiger partial charge in [0.05, 0.1) is 5.69 Å². The molecule has 1 aromatic rings. The van der Waals surface area contributed by atoms with Gasteiger partial charge in [-0.2, -0.15) is 0 Å².